The monoisotopic (exact) mass is 349 g/mol. The van der Waals surface area contributed by atoms with Crippen LogP contribution in [0, 0.1) is 0 Å². The van der Waals surface area contributed by atoms with Gasteiger partial charge in [0.25, 0.3) is 0 Å². The molecule has 0 radical (unpaired) electrons. The number of hydrogen-bond donors (Lipinski definition) is 1. The van der Waals surface area contributed by atoms with E-state index in [9.17, 15) is 4.79 Å². The molecule has 130 valence electrons. The number of methoxy groups -OCH3 is 2. The van der Waals surface area contributed by atoms with E-state index >= 15 is 0 Å². The minimum atomic E-state index is -0.0495. The third-order valence-electron chi connectivity index (χ3n) is 3.61. The lowest BCUT2D eigenvalue weighted by molar-refractivity contribution is -0.118. The van der Waals surface area contributed by atoms with E-state index in [1.54, 1.807) is 20.4 Å². The zero-order valence-electron chi connectivity index (χ0n) is 14.2. The number of amides is 1. The van der Waals surface area contributed by atoms with Crippen molar-refractivity contribution in [3.63, 3.8) is 0 Å². The van der Waals surface area contributed by atoms with Gasteiger partial charge in [0, 0.05) is 0 Å². The molecule has 1 heterocycles. The summed E-state index contributed by atoms with van der Waals surface area (Å²) in [6.07, 6.45) is 5.85. The van der Waals surface area contributed by atoms with Crippen molar-refractivity contribution in [3.05, 3.63) is 23.8 Å². The maximum atomic E-state index is 11.9. The first kappa shape index (κ1) is 18.3. The number of carbonyl (C=O) groups excluding carboxylic acids is 1. The van der Waals surface area contributed by atoms with Gasteiger partial charge in [-0.05, 0) is 30.2 Å². The van der Waals surface area contributed by atoms with E-state index in [0.717, 1.165) is 31.2 Å². The number of hydrogen-bond acceptors (Lipinski definition) is 6. The Balaban J connectivity index is 1.95. The molecule has 1 aliphatic rings. The molecule has 7 heteroatoms. The lowest BCUT2D eigenvalue weighted by Crippen LogP contribution is -2.24. The van der Waals surface area contributed by atoms with Crippen LogP contribution in [0.25, 0.3) is 0 Å². The molecular formula is C17H23N3O3S. The summed E-state index contributed by atoms with van der Waals surface area (Å²) in [7, 11) is 3.18. The lowest BCUT2D eigenvalue weighted by Gasteiger charge is -2.07. The van der Waals surface area contributed by atoms with Gasteiger partial charge >= 0.3 is 0 Å². The Morgan fingerprint density at radius 3 is 2.75 bits per heavy atom. The molecule has 1 saturated heterocycles. The quantitative estimate of drug-likeness (QED) is 0.444. The number of ether oxygens (including phenoxy) is 2. The van der Waals surface area contributed by atoms with Crippen molar-refractivity contribution in [2.75, 3.05) is 14.2 Å². The maximum Gasteiger partial charge on any atom is 0.239 e. The van der Waals surface area contributed by atoms with Gasteiger partial charge in [-0.2, -0.15) is 5.10 Å². The standard InChI is InChI=1S/C17H23N3O3S/c1-4-5-6-7-15-16(21)19-17(24-15)20-18-11-12-8-9-13(22-2)14(10-12)23-3/h8-11,15H,4-7H2,1-3H3,(H,19,20,21)/b18-11-/t15-/m1/s1. The number of amidine groups is 1. The van der Waals surface area contributed by atoms with Gasteiger partial charge in [-0.1, -0.05) is 37.9 Å². The third kappa shape index (κ3) is 4.99. The molecule has 1 aliphatic heterocycles. The van der Waals surface area contributed by atoms with Gasteiger partial charge in [0.2, 0.25) is 5.91 Å². The lowest BCUT2D eigenvalue weighted by atomic mass is 10.1. The largest absolute Gasteiger partial charge is 0.493 e. The summed E-state index contributed by atoms with van der Waals surface area (Å²) in [4.78, 5) is 11.9. The van der Waals surface area contributed by atoms with Gasteiger partial charge in [-0.25, -0.2) is 0 Å². The van der Waals surface area contributed by atoms with Crippen molar-refractivity contribution in [2.45, 2.75) is 37.9 Å². The summed E-state index contributed by atoms with van der Waals surface area (Å²) >= 11 is 1.45. The van der Waals surface area contributed by atoms with Crippen LogP contribution in [0.5, 0.6) is 11.5 Å². The van der Waals surface area contributed by atoms with Crippen molar-refractivity contribution in [1.82, 2.24) is 5.32 Å². The topological polar surface area (TPSA) is 72.3 Å². The zero-order chi connectivity index (χ0) is 17.4. The third-order valence-corrected chi connectivity index (χ3v) is 4.75. The highest BCUT2D eigenvalue weighted by atomic mass is 32.2. The van der Waals surface area contributed by atoms with Crippen LogP contribution in [0.1, 0.15) is 38.2 Å². The molecule has 0 bridgehead atoms. The number of nitrogens with zero attached hydrogens (tertiary/aromatic N) is 2. The molecule has 6 nitrogen and oxygen atoms in total. The number of carbonyl (C=O) groups is 1. The fraction of sp³-hybridized carbons (Fsp3) is 0.471. The van der Waals surface area contributed by atoms with Crippen molar-refractivity contribution in [2.24, 2.45) is 10.2 Å². The summed E-state index contributed by atoms with van der Waals surface area (Å²) in [6, 6.07) is 5.48. The smallest absolute Gasteiger partial charge is 0.239 e. The molecule has 1 aromatic carbocycles. The molecule has 1 amide bonds. The Kier molecular flexibility index (Phi) is 7.11. The molecule has 24 heavy (non-hydrogen) atoms. The molecule has 0 spiro atoms. The predicted molar refractivity (Wildman–Crippen MR) is 98.2 cm³/mol. The van der Waals surface area contributed by atoms with E-state index in [1.165, 1.54) is 11.8 Å². The number of rotatable bonds is 8. The van der Waals surface area contributed by atoms with Crippen molar-refractivity contribution >= 4 is 29.1 Å². The molecule has 2 rings (SSSR count). The Morgan fingerprint density at radius 1 is 1.25 bits per heavy atom. The fourth-order valence-corrected chi connectivity index (χ4v) is 3.28. The minimum Gasteiger partial charge on any atom is -0.493 e. The molecule has 1 N–H and O–H groups in total. The van der Waals surface area contributed by atoms with Crippen molar-refractivity contribution in [1.29, 1.82) is 0 Å². The highest BCUT2D eigenvalue weighted by molar-refractivity contribution is 8.15. The van der Waals surface area contributed by atoms with Crippen LogP contribution in [-0.4, -0.2) is 36.8 Å². The van der Waals surface area contributed by atoms with Crippen LogP contribution in [0.2, 0.25) is 0 Å². The normalized spacial score (nSPS) is 19.0. The van der Waals surface area contributed by atoms with Crippen LogP contribution < -0.4 is 14.8 Å². The molecule has 0 aliphatic carbocycles. The number of benzene rings is 1. The molecular weight excluding hydrogens is 326 g/mol. The first-order valence-corrected chi connectivity index (χ1v) is 8.86. The summed E-state index contributed by atoms with van der Waals surface area (Å²) in [5, 5.41) is 11.4. The van der Waals surface area contributed by atoms with E-state index in [2.05, 4.69) is 22.4 Å². The highest BCUT2D eigenvalue weighted by Crippen LogP contribution is 2.27. The summed E-state index contributed by atoms with van der Waals surface area (Å²) < 4.78 is 10.4. The average Bonchev–Trinajstić information content (AvgIpc) is 2.94. The van der Waals surface area contributed by atoms with Crippen LogP contribution in [0.4, 0.5) is 0 Å². The van der Waals surface area contributed by atoms with Gasteiger partial charge in [0.15, 0.2) is 16.7 Å². The molecule has 0 aromatic heterocycles. The Bertz CT molecular complexity index is 632. The van der Waals surface area contributed by atoms with Gasteiger partial charge < -0.3 is 14.8 Å². The highest BCUT2D eigenvalue weighted by Gasteiger charge is 2.29. The van der Waals surface area contributed by atoms with Crippen LogP contribution in [0.3, 0.4) is 0 Å². The molecule has 1 fully saturated rings. The van der Waals surface area contributed by atoms with E-state index < -0.39 is 0 Å². The van der Waals surface area contributed by atoms with E-state index in [4.69, 9.17) is 9.47 Å². The van der Waals surface area contributed by atoms with Crippen LogP contribution in [-0.2, 0) is 4.79 Å². The van der Waals surface area contributed by atoms with Crippen molar-refractivity contribution < 1.29 is 14.3 Å². The number of thioether (sulfide) groups is 1. The van der Waals surface area contributed by atoms with E-state index in [0.29, 0.717) is 16.7 Å². The molecule has 1 aromatic rings. The molecule has 1 atom stereocenters. The predicted octanol–water partition coefficient (Wildman–Crippen LogP) is 3.21. The summed E-state index contributed by atoms with van der Waals surface area (Å²) in [6.45, 7) is 2.15. The average molecular weight is 349 g/mol. The first-order valence-electron chi connectivity index (χ1n) is 7.98. The fourth-order valence-electron chi connectivity index (χ4n) is 2.30. The second-order valence-corrected chi connectivity index (χ2v) is 6.55. The number of unbranched alkanes of at least 4 members (excludes halogenated alkanes) is 2. The van der Waals surface area contributed by atoms with Gasteiger partial charge in [-0.3, -0.25) is 4.79 Å². The van der Waals surface area contributed by atoms with Gasteiger partial charge in [0.05, 0.1) is 25.7 Å². The second kappa shape index (κ2) is 9.32. The molecule has 0 saturated carbocycles. The Labute approximate surface area is 146 Å². The minimum absolute atomic E-state index is 0.0242. The Morgan fingerprint density at radius 2 is 2.04 bits per heavy atom. The first-order chi connectivity index (χ1) is 11.7. The van der Waals surface area contributed by atoms with Crippen LogP contribution in [0.15, 0.2) is 28.4 Å². The van der Waals surface area contributed by atoms with E-state index in [1.807, 2.05) is 18.2 Å². The SMILES string of the molecule is CCCCC[C@H]1S/C(=N\N=C/c2ccc(OC)c(OC)c2)NC1=O. The summed E-state index contributed by atoms with van der Waals surface area (Å²) in [5.74, 6) is 1.32. The van der Waals surface area contributed by atoms with E-state index in [-0.39, 0.29) is 11.2 Å². The zero-order valence-corrected chi connectivity index (χ0v) is 15.1. The second-order valence-electron chi connectivity index (χ2n) is 5.36. The Hall–Kier alpha value is -2.02. The van der Waals surface area contributed by atoms with Gasteiger partial charge in [0.1, 0.15) is 0 Å². The molecule has 0 unspecified atom stereocenters. The van der Waals surface area contributed by atoms with Crippen LogP contribution >= 0.6 is 11.8 Å². The summed E-state index contributed by atoms with van der Waals surface area (Å²) in [5.41, 5.74) is 0.839. The van der Waals surface area contributed by atoms with Crippen molar-refractivity contribution in [3.8, 4) is 11.5 Å². The van der Waals surface area contributed by atoms with Gasteiger partial charge in [-0.15, -0.1) is 5.10 Å². The maximum absolute atomic E-state index is 11.9. The number of nitrogens with one attached hydrogen (secondary N) is 1.